The normalized spacial score (nSPS) is 20.1. The summed E-state index contributed by atoms with van der Waals surface area (Å²) in [4.78, 5) is 22.1. The molecule has 6 nitrogen and oxygen atoms in total. The van der Waals surface area contributed by atoms with Crippen LogP contribution in [0.25, 0.3) is 0 Å². The average molecular weight is 216 g/mol. The van der Waals surface area contributed by atoms with Crippen molar-refractivity contribution in [3.8, 4) is 0 Å². The number of nitrogens with one attached hydrogen (secondary N) is 2. The van der Waals surface area contributed by atoms with Gasteiger partial charge in [0.15, 0.2) is 0 Å². The molecule has 1 aliphatic rings. The molecule has 15 heavy (non-hydrogen) atoms. The maximum absolute atomic E-state index is 11.5. The van der Waals surface area contributed by atoms with Gasteiger partial charge in [0, 0.05) is 5.92 Å². The molecule has 0 aromatic heterocycles. The van der Waals surface area contributed by atoms with Crippen LogP contribution in [0.1, 0.15) is 6.92 Å². The van der Waals surface area contributed by atoms with Gasteiger partial charge < -0.3 is 20.8 Å². The summed E-state index contributed by atoms with van der Waals surface area (Å²) in [5.74, 6) is -1.49. The minimum Gasteiger partial charge on any atom is -0.480 e. The van der Waals surface area contributed by atoms with Gasteiger partial charge >= 0.3 is 5.97 Å². The lowest BCUT2D eigenvalue weighted by Gasteiger charge is -2.32. The Labute approximate surface area is 87.7 Å². The summed E-state index contributed by atoms with van der Waals surface area (Å²) in [7, 11) is 0. The lowest BCUT2D eigenvalue weighted by atomic mass is 9.88. The summed E-state index contributed by atoms with van der Waals surface area (Å²) < 4.78 is 0. The molecule has 1 saturated heterocycles. The fraction of sp³-hybridized carbons (Fsp3) is 0.778. The molecule has 1 fully saturated rings. The Morgan fingerprint density at radius 3 is 2.47 bits per heavy atom. The van der Waals surface area contributed by atoms with Gasteiger partial charge in [0.1, 0.15) is 6.04 Å². The summed E-state index contributed by atoms with van der Waals surface area (Å²) in [6, 6.07) is -1.20. The summed E-state index contributed by atoms with van der Waals surface area (Å²) in [6.07, 6.45) is 0. The third-order valence-corrected chi connectivity index (χ3v) is 2.73. The van der Waals surface area contributed by atoms with Gasteiger partial charge in [-0.1, -0.05) is 6.92 Å². The molecule has 0 radical (unpaired) electrons. The molecule has 6 heteroatoms. The molecule has 4 N–H and O–H groups in total. The lowest BCUT2D eigenvalue weighted by Crippen LogP contribution is -2.52. The summed E-state index contributed by atoms with van der Waals surface area (Å²) >= 11 is 0. The molecular weight excluding hydrogens is 200 g/mol. The van der Waals surface area contributed by atoms with E-state index >= 15 is 0 Å². The lowest BCUT2D eigenvalue weighted by molar-refractivity contribution is -0.144. The summed E-state index contributed by atoms with van der Waals surface area (Å²) in [5, 5.41) is 22.7. The molecule has 1 unspecified atom stereocenters. The minimum absolute atomic E-state index is 0.223. The zero-order valence-electron chi connectivity index (χ0n) is 8.56. The average Bonchev–Trinajstić information content (AvgIpc) is 2.10. The number of amides is 1. The molecule has 0 bridgehead atoms. The number of carbonyl (C=O) groups excluding carboxylic acids is 1. The second-order valence-electron chi connectivity index (χ2n) is 3.79. The molecule has 86 valence electrons. The molecule has 0 aliphatic carbocycles. The van der Waals surface area contributed by atoms with Crippen molar-refractivity contribution in [1.29, 1.82) is 0 Å². The third-order valence-electron chi connectivity index (χ3n) is 2.73. The van der Waals surface area contributed by atoms with Crippen LogP contribution in [0.4, 0.5) is 0 Å². The van der Waals surface area contributed by atoms with Crippen molar-refractivity contribution in [2.24, 2.45) is 11.8 Å². The fourth-order valence-electron chi connectivity index (χ4n) is 1.37. The number of hydrogen-bond donors (Lipinski definition) is 4. The van der Waals surface area contributed by atoms with Gasteiger partial charge in [-0.25, -0.2) is 4.79 Å². The van der Waals surface area contributed by atoms with Gasteiger partial charge in [0.05, 0.1) is 6.61 Å². The van der Waals surface area contributed by atoms with Crippen LogP contribution < -0.4 is 10.6 Å². The maximum Gasteiger partial charge on any atom is 0.328 e. The number of aliphatic hydroxyl groups excluding tert-OH is 1. The van der Waals surface area contributed by atoms with Gasteiger partial charge in [0.2, 0.25) is 5.91 Å². The Morgan fingerprint density at radius 2 is 2.13 bits per heavy atom. The first-order valence-electron chi connectivity index (χ1n) is 4.91. The van der Waals surface area contributed by atoms with Crippen LogP contribution in [0.15, 0.2) is 0 Å². The molecule has 0 aromatic rings. The summed E-state index contributed by atoms with van der Waals surface area (Å²) in [6.45, 7) is 2.74. The number of carboxylic acids is 1. The number of carbonyl (C=O) groups is 2. The number of carboxylic acid groups (broad SMARTS) is 1. The predicted molar refractivity (Wildman–Crippen MR) is 52.2 cm³/mol. The highest BCUT2D eigenvalue weighted by atomic mass is 16.4. The number of hydrogen-bond acceptors (Lipinski definition) is 4. The van der Waals surface area contributed by atoms with Gasteiger partial charge in [0.25, 0.3) is 0 Å². The van der Waals surface area contributed by atoms with Crippen molar-refractivity contribution in [3.63, 3.8) is 0 Å². The van der Waals surface area contributed by atoms with E-state index in [2.05, 4.69) is 10.6 Å². The fourth-order valence-corrected chi connectivity index (χ4v) is 1.37. The number of rotatable bonds is 5. The molecule has 0 saturated carbocycles. The van der Waals surface area contributed by atoms with Crippen LogP contribution in [-0.4, -0.2) is 47.8 Å². The van der Waals surface area contributed by atoms with E-state index in [0.29, 0.717) is 0 Å². The first-order chi connectivity index (χ1) is 7.06. The van der Waals surface area contributed by atoms with E-state index < -0.39 is 18.6 Å². The smallest absolute Gasteiger partial charge is 0.328 e. The predicted octanol–water partition coefficient (Wildman–Crippen LogP) is -1.60. The van der Waals surface area contributed by atoms with Gasteiger partial charge in [-0.3, -0.25) is 4.79 Å². The van der Waals surface area contributed by atoms with Crippen molar-refractivity contribution in [2.45, 2.75) is 13.0 Å². The van der Waals surface area contributed by atoms with E-state index in [1.807, 2.05) is 0 Å². The van der Waals surface area contributed by atoms with Crippen molar-refractivity contribution < 1.29 is 19.8 Å². The molecule has 0 spiro atoms. The molecule has 2 atom stereocenters. The Morgan fingerprint density at radius 1 is 1.53 bits per heavy atom. The highest BCUT2D eigenvalue weighted by molar-refractivity contribution is 5.85. The Balaban J connectivity index is 2.42. The minimum atomic E-state index is -1.22. The van der Waals surface area contributed by atoms with E-state index in [1.165, 1.54) is 0 Å². The van der Waals surface area contributed by atoms with Crippen LogP contribution in [0.3, 0.4) is 0 Å². The van der Waals surface area contributed by atoms with Crippen LogP contribution in [0, 0.1) is 11.8 Å². The molecule has 1 aliphatic heterocycles. The first kappa shape index (κ1) is 11.9. The second kappa shape index (κ2) is 5.09. The Hall–Kier alpha value is -1.14. The second-order valence-corrected chi connectivity index (χ2v) is 3.79. The van der Waals surface area contributed by atoms with E-state index in [9.17, 15) is 9.59 Å². The van der Waals surface area contributed by atoms with Crippen molar-refractivity contribution >= 4 is 11.9 Å². The molecule has 1 amide bonds. The largest absolute Gasteiger partial charge is 0.480 e. The molecule has 1 rings (SSSR count). The monoisotopic (exact) mass is 216 g/mol. The molecule has 0 aromatic carbocycles. The highest BCUT2D eigenvalue weighted by Gasteiger charge is 2.30. The van der Waals surface area contributed by atoms with Crippen molar-refractivity contribution in [2.75, 3.05) is 19.7 Å². The van der Waals surface area contributed by atoms with Crippen molar-refractivity contribution in [1.82, 2.24) is 10.6 Å². The van der Waals surface area contributed by atoms with E-state index in [-0.39, 0.29) is 17.7 Å². The van der Waals surface area contributed by atoms with E-state index in [1.54, 1.807) is 6.92 Å². The zero-order valence-corrected chi connectivity index (χ0v) is 8.56. The van der Waals surface area contributed by atoms with E-state index in [0.717, 1.165) is 13.1 Å². The van der Waals surface area contributed by atoms with Gasteiger partial charge in [-0.15, -0.1) is 0 Å². The Kier molecular flexibility index (Phi) is 4.05. The zero-order chi connectivity index (χ0) is 11.4. The van der Waals surface area contributed by atoms with Crippen LogP contribution >= 0.6 is 0 Å². The Bertz CT molecular complexity index is 252. The number of aliphatic carboxylic acids is 1. The molecular formula is C9H16N2O4. The van der Waals surface area contributed by atoms with Crippen LogP contribution in [-0.2, 0) is 9.59 Å². The van der Waals surface area contributed by atoms with Gasteiger partial charge in [-0.2, -0.15) is 0 Å². The topological polar surface area (TPSA) is 98.7 Å². The quantitative estimate of drug-likeness (QED) is 0.444. The third kappa shape index (κ3) is 2.90. The van der Waals surface area contributed by atoms with Crippen molar-refractivity contribution in [3.05, 3.63) is 0 Å². The van der Waals surface area contributed by atoms with E-state index in [4.69, 9.17) is 10.2 Å². The first-order valence-corrected chi connectivity index (χ1v) is 4.91. The van der Waals surface area contributed by atoms with Crippen LogP contribution in [0.2, 0.25) is 0 Å². The SMILES string of the molecule is CC(C(=O)N[C@H](CO)C(=O)O)C1CNC1. The molecule has 1 heterocycles. The standard InChI is InChI=1S/C9H16N2O4/c1-5(6-2-10-3-6)8(13)11-7(4-12)9(14)15/h5-7,10,12H,2-4H2,1H3,(H,11,13)(H,14,15)/t5?,7-/m1/s1. The maximum atomic E-state index is 11.5. The van der Waals surface area contributed by atoms with Gasteiger partial charge in [-0.05, 0) is 19.0 Å². The highest BCUT2D eigenvalue weighted by Crippen LogP contribution is 2.15. The van der Waals surface area contributed by atoms with Crippen LogP contribution in [0.5, 0.6) is 0 Å². The summed E-state index contributed by atoms with van der Waals surface area (Å²) in [5.41, 5.74) is 0. The number of aliphatic hydroxyl groups is 1.